The molecule has 2 aliphatic heterocycles. The molecule has 0 bridgehead atoms. The van der Waals surface area contributed by atoms with Crippen LogP contribution in [0, 0.1) is 5.92 Å². The number of carbonyl (C=O) groups excluding carboxylic acids is 2. The molecule has 0 radical (unpaired) electrons. The molecule has 2 aliphatic rings. The van der Waals surface area contributed by atoms with Gasteiger partial charge in [-0.25, -0.2) is 0 Å². The molecule has 1 aromatic carbocycles. The van der Waals surface area contributed by atoms with E-state index >= 15 is 0 Å². The minimum absolute atomic E-state index is 0.137. The highest BCUT2D eigenvalue weighted by Crippen LogP contribution is 2.23. The van der Waals surface area contributed by atoms with Crippen molar-refractivity contribution < 1.29 is 9.59 Å². The van der Waals surface area contributed by atoms with Crippen LogP contribution in [0.4, 0.5) is 5.69 Å². The summed E-state index contributed by atoms with van der Waals surface area (Å²) in [5, 5.41) is 0. The van der Waals surface area contributed by atoms with E-state index in [-0.39, 0.29) is 17.9 Å². The predicted octanol–water partition coefficient (Wildman–Crippen LogP) is 1.94. The zero-order valence-electron chi connectivity index (χ0n) is 14.4. The Hall–Kier alpha value is -1.88. The van der Waals surface area contributed by atoms with Crippen LogP contribution >= 0.6 is 0 Å². The zero-order valence-corrected chi connectivity index (χ0v) is 14.4. The molecule has 130 valence electrons. The SMILES string of the molecule is CC(N)C1CCCN(C(=O)Cc2ccc(N3CCCC3=O)cc2)C1. The average molecular weight is 329 g/mol. The average Bonchev–Trinajstić information content (AvgIpc) is 3.01. The number of hydrogen-bond acceptors (Lipinski definition) is 3. The lowest BCUT2D eigenvalue weighted by atomic mass is 9.92. The summed E-state index contributed by atoms with van der Waals surface area (Å²) in [5.74, 6) is 0.769. The van der Waals surface area contributed by atoms with Crippen LogP contribution in [0.1, 0.15) is 38.2 Å². The van der Waals surface area contributed by atoms with Gasteiger partial charge in [0.05, 0.1) is 6.42 Å². The van der Waals surface area contributed by atoms with Gasteiger partial charge in [-0.15, -0.1) is 0 Å². The Kier molecular flexibility index (Phi) is 5.19. The standard InChI is InChI=1S/C19H27N3O2/c1-14(20)16-4-2-10-21(13-16)19(24)12-15-6-8-17(9-7-15)22-11-3-5-18(22)23/h6-9,14,16H,2-5,10-13,20H2,1H3. The second-order valence-corrected chi connectivity index (χ2v) is 7.09. The lowest BCUT2D eigenvalue weighted by Crippen LogP contribution is -2.45. The maximum Gasteiger partial charge on any atom is 0.227 e. The first-order chi connectivity index (χ1) is 11.5. The maximum absolute atomic E-state index is 12.5. The summed E-state index contributed by atoms with van der Waals surface area (Å²) in [6.45, 7) is 4.43. The molecule has 2 unspecified atom stereocenters. The van der Waals surface area contributed by atoms with Crippen LogP contribution in [0.15, 0.2) is 24.3 Å². The van der Waals surface area contributed by atoms with E-state index in [1.165, 1.54) is 0 Å². The zero-order chi connectivity index (χ0) is 17.1. The van der Waals surface area contributed by atoms with Gasteiger partial charge >= 0.3 is 0 Å². The van der Waals surface area contributed by atoms with Gasteiger partial charge in [-0.3, -0.25) is 9.59 Å². The normalized spacial score (nSPS) is 22.8. The second kappa shape index (κ2) is 7.34. The van der Waals surface area contributed by atoms with Gasteiger partial charge in [-0.1, -0.05) is 12.1 Å². The highest BCUT2D eigenvalue weighted by atomic mass is 16.2. The van der Waals surface area contributed by atoms with Gasteiger partial charge in [0.1, 0.15) is 0 Å². The van der Waals surface area contributed by atoms with E-state index in [1.54, 1.807) is 0 Å². The van der Waals surface area contributed by atoms with Gasteiger partial charge in [0.2, 0.25) is 11.8 Å². The molecular weight excluding hydrogens is 302 g/mol. The number of hydrogen-bond donors (Lipinski definition) is 1. The van der Waals surface area contributed by atoms with Crippen LogP contribution in [0.25, 0.3) is 0 Å². The molecule has 5 heteroatoms. The summed E-state index contributed by atoms with van der Waals surface area (Å²) in [6.07, 6.45) is 4.12. The van der Waals surface area contributed by atoms with Crippen molar-refractivity contribution >= 4 is 17.5 Å². The molecule has 5 nitrogen and oxygen atoms in total. The number of rotatable bonds is 4. The Labute approximate surface area is 143 Å². The molecule has 3 rings (SSSR count). The number of nitrogens with two attached hydrogens (primary N) is 1. The van der Waals surface area contributed by atoms with Crippen molar-refractivity contribution in [1.82, 2.24) is 4.90 Å². The second-order valence-electron chi connectivity index (χ2n) is 7.09. The van der Waals surface area contributed by atoms with E-state index < -0.39 is 0 Å². The third-order valence-electron chi connectivity index (χ3n) is 5.23. The van der Waals surface area contributed by atoms with E-state index in [9.17, 15) is 9.59 Å². The topological polar surface area (TPSA) is 66.6 Å². The Morgan fingerprint density at radius 3 is 2.62 bits per heavy atom. The van der Waals surface area contributed by atoms with Crippen LogP contribution in [0.2, 0.25) is 0 Å². The number of piperidine rings is 1. The van der Waals surface area contributed by atoms with Gasteiger partial charge in [-0.2, -0.15) is 0 Å². The fourth-order valence-electron chi connectivity index (χ4n) is 3.67. The van der Waals surface area contributed by atoms with Crippen LogP contribution in [-0.4, -0.2) is 42.4 Å². The van der Waals surface area contributed by atoms with Crippen LogP contribution in [0.3, 0.4) is 0 Å². The number of carbonyl (C=O) groups is 2. The third kappa shape index (κ3) is 3.78. The first-order valence-corrected chi connectivity index (χ1v) is 8.97. The number of benzene rings is 1. The lowest BCUT2D eigenvalue weighted by molar-refractivity contribution is -0.132. The maximum atomic E-state index is 12.5. The van der Waals surface area contributed by atoms with Gasteiger partial charge < -0.3 is 15.5 Å². The summed E-state index contributed by atoms with van der Waals surface area (Å²) in [7, 11) is 0. The minimum atomic E-state index is 0.137. The molecule has 2 atom stereocenters. The van der Waals surface area contributed by atoms with Crippen LogP contribution in [-0.2, 0) is 16.0 Å². The quantitative estimate of drug-likeness (QED) is 0.918. The van der Waals surface area contributed by atoms with Gasteiger partial charge in [0.25, 0.3) is 0 Å². The predicted molar refractivity (Wildman–Crippen MR) is 94.7 cm³/mol. The van der Waals surface area contributed by atoms with Crippen molar-refractivity contribution in [2.75, 3.05) is 24.5 Å². The molecule has 0 aliphatic carbocycles. The molecule has 1 aromatic rings. The number of amides is 2. The molecule has 24 heavy (non-hydrogen) atoms. The molecule has 0 spiro atoms. The van der Waals surface area contributed by atoms with E-state index in [1.807, 2.05) is 41.0 Å². The Morgan fingerprint density at radius 2 is 2.00 bits per heavy atom. The number of anilines is 1. The summed E-state index contributed by atoms with van der Waals surface area (Å²) >= 11 is 0. The highest BCUT2D eigenvalue weighted by Gasteiger charge is 2.26. The van der Waals surface area contributed by atoms with E-state index in [0.29, 0.717) is 18.8 Å². The molecule has 0 aromatic heterocycles. The molecule has 2 amide bonds. The van der Waals surface area contributed by atoms with Crippen molar-refractivity contribution in [2.24, 2.45) is 11.7 Å². The van der Waals surface area contributed by atoms with Gasteiger partial charge in [0.15, 0.2) is 0 Å². The lowest BCUT2D eigenvalue weighted by Gasteiger charge is -2.34. The van der Waals surface area contributed by atoms with Gasteiger partial charge in [-0.05, 0) is 49.8 Å². The first kappa shape index (κ1) is 17.0. The van der Waals surface area contributed by atoms with Crippen LogP contribution in [0.5, 0.6) is 0 Å². The highest BCUT2D eigenvalue weighted by molar-refractivity contribution is 5.95. The van der Waals surface area contributed by atoms with Crippen molar-refractivity contribution in [3.63, 3.8) is 0 Å². The van der Waals surface area contributed by atoms with E-state index in [4.69, 9.17) is 5.73 Å². The van der Waals surface area contributed by atoms with Gasteiger partial charge in [0, 0.05) is 37.8 Å². The largest absolute Gasteiger partial charge is 0.342 e. The molecule has 2 heterocycles. The smallest absolute Gasteiger partial charge is 0.227 e. The van der Waals surface area contributed by atoms with E-state index in [2.05, 4.69) is 0 Å². The third-order valence-corrected chi connectivity index (χ3v) is 5.23. The summed E-state index contributed by atoms with van der Waals surface area (Å²) < 4.78 is 0. The Balaban J connectivity index is 1.59. The van der Waals surface area contributed by atoms with Crippen molar-refractivity contribution in [3.8, 4) is 0 Å². The molecular formula is C19H27N3O2. The molecule has 2 fully saturated rings. The van der Waals surface area contributed by atoms with Crippen molar-refractivity contribution in [2.45, 2.75) is 45.1 Å². The fraction of sp³-hybridized carbons (Fsp3) is 0.579. The Bertz CT molecular complexity index is 597. The number of nitrogens with zero attached hydrogens (tertiary/aromatic N) is 2. The summed E-state index contributed by atoms with van der Waals surface area (Å²) in [5.41, 5.74) is 7.93. The summed E-state index contributed by atoms with van der Waals surface area (Å²) in [4.78, 5) is 28.1. The first-order valence-electron chi connectivity index (χ1n) is 8.97. The minimum Gasteiger partial charge on any atom is -0.342 e. The molecule has 2 N–H and O–H groups in total. The van der Waals surface area contributed by atoms with Crippen LogP contribution < -0.4 is 10.6 Å². The van der Waals surface area contributed by atoms with E-state index in [0.717, 1.165) is 50.1 Å². The molecule has 2 saturated heterocycles. The Morgan fingerprint density at radius 1 is 1.25 bits per heavy atom. The van der Waals surface area contributed by atoms with Crippen molar-refractivity contribution in [1.29, 1.82) is 0 Å². The number of likely N-dealkylation sites (tertiary alicyclic amines) is 1. The fourth-order valence-corrected chi connectivity index (χ4v) is 3.67. The molecule has 0 saturated carbocycles. The van der Waals surface area contributed by atoms with Crippen molar-refractivity contribution in [3.05, 3.63) is 29.8 Å². The summed E-state index contributed by atoms with van der Waals surface area (Å²) in [6, 6.07) is 7.97. The monoisotopic (exact) mass is 329 g/mol.